The van der Waals surface area contributed by atoms with Gasteiger partial charge < -0.3 is 5.11 Å². The summed E-state index contributed by atoms with van der Waals surface area (Å²) < 4.78 is 0. The van der Waals surface area contributed by atoms with E-state index in [9.17, 15) is 5.11 Å². The lowest BCUT2D eigenvalue weighted by atomic mass is 9.85. The van der Waals surface area contributed by atoms with Crippen molar-refractivity contribution < 1.29 is 5.11 Å². The van der Waals surface area contributed by atoms with Crippen molar-refractivity contribution in [2.75, 3.05) is 0 Å². The van der Waals surface area contributed by atoms with Crippen LogP contribution in [0.15, 0.2) is 18.2 Å². The third-order valence-electron chi connectivity index (χ3n) is 2.95. The number of aliphatic hydroxyl groups is 1. The van der Waals surface area contributed by atoms with Crippen LogP contribution in [0.1, 0.15) is 52.4 Å². The average Bonchev–Trinajstić information content (AvgIpc) is 2.17. The number of pyridine rings is 1. The molecule has 84 valence electrons. The molecule has 0 atom stereocenters. The number of hydrogen-bond donors (Lipinski definition) is 1. The van der Waals surface area contributed by atoms with Crippen LogP contribution in [-0.2, 0) is 11.0 Å². The Morgan fingerprint density at radius 3 is 2.13 bits per heavy atom. The standard InChI is InChI=1S/C13H21NO/c1-6-12(2,3)10-8-7-9-11(14-10)13(4,5)15/h7-9,15H,6H2,1-5H3. The van der Waals surface area contributed by atoms with Gasteiger partial charge in [-0.25, -0.2) is 0 Å². The van der Waals surface area contributed by atoms with Crippen molar-refractivity contribution in [1.29, 1.82) is 0 Å². The largest absolute Gasteiger partial charge is 0.384 e. The Bertz CT molecular complexity index is 337. The van der Waals surface area contributed by atoms with Gasteiger partial charge in [0.1, 0.15) is 5.60 Å². The van der Waals surface area contributed by atoms with Gasteiger partial charge in [0.25, 0.3) is 0 Å². The van der Waals surface area contributed by atoms with Crippen LogP contribution in [0.5, 0.6) is 0 Å². The molecule has 1 heterocycles. The van der Waals surface area contributed by atoms with Gasteiger partial charge in [0, 0.05) is 11.1 Å². The molecule has 15 heavy (non-hydrogen) atoms. The Morgan fingerprint density at radius 1 is 1.13 bits per heavy atom. The van der Waals surface area contributed by atoms with Crippen molar-refractivity contribution in [3.05, 3.63) is 29.6 Å². The molecule has 1 N–H and O–H groups in total. The van der Waals surface area contributed by atoms with Crippen LogP contribution in [-0.4, -0.2) is 10.1 Å². The molecule has 0 fully saturated rings. The molecule has 0 saturated carbocycles. The maximum absolute atomic E-state index is 9.89. The summed E-state index contributed by atoms with van der Waals surface area (Å²) in [4.78, 5) is 4.54. The lowest BCUT2D eigenvalue weighted by Gasteiger charge is -2.24. The summed E-state index contributed by atoms with van der Waals surface area (Å²) in [6.07, 6.45) is 1.04. The summed E-state index contributed by atoms with van der Waals surface area (Å²) in [6.45, 7) is 10.0. The van der Waals surface area contributed by atoms with Gasteiger partial charge >= 0.3 is 0 Å². The minimum atomic E-state index is -0.861. The second-order valence-electron chi connectivity index (χ2n) is 5.20. The molecular formula is C13H21NO. The summed E-state index contributed by atoms with van der Waals surface area (Å²) in [5, 5.41) is 9.89. The monoisotopic (exact) mass is 207 g/mol. The Hall–Kier alpha value is -0.890. The quantitative estimate of drug-likeness (QED) is 0.826. The van der Waals surface area contributed by atoms with Crippen molar-refractivity contribution in [3.63, 3.8) is 0 Å². The van der Waals surface area contributed by atoms with E-state index < -0.39 is 5.60 Å². The molecule has 0 amide bonds. The van der Waals surface area contributed by atoms with Crippen LogP contribution in [0.3, 0.4) is 0 Å². The van der Waals surface area contributed by atoms with Crippen molar-refractivity contribution in [3.8, 4) is 0 Å². The second-order valence-corrected chi connectivity index (χ2v) is 5.20. The lowest BCUT2D eigenvalue weighted by molar-refractivity contribution is 0.0734. The molecular weight excluding hydrogens is 186 g/mol. The molecule has 0 unspecified atom stereocenters. The van der Waals surface area contributed by atoms with E-state index >= 15 is 0 Å². The Balaban J connectivity index is 3.14. The van der Waals surface area contributed by atoms with Gasteiger partial charge in [-0.3, -0.25) is 4.98 Å². The zero-order valence-corrected chi connectivity index (χ0v) is 10.3. The second kappa shape index (κ2) is 3.93. The van der Waals surface area contributed by atoms with E-state index in [0.29, 0.717) is 0 Å². The smallest absolute Gasteiger partial charge is 0.101 e. The molecule has 2 nitrogen and oxygen atoms in total. The van der Waals surface area contributed by atoms with Gasteiger partial charge in [0.05, 0.1) is 5.69 Å². The van der Waals surface area contributed by atoms with Crippen molar-refractivity contribution in [2.45, 2.75) is 52.1 Å². The third-order valence-corrected chi connectivity index (χ3v) is 2.95. The summed E-state index contributed by atoms with van der Waals surface area (Å²) in [7, 11) is 0. The first-order chi connectivity index (χ1) is 6.77. The van der Waals surface area contributed by atoms with E-state index in [1.54, 1.807) is 13.8 Å². The highest BCUT2D eigenvalue weighted by molar-refractivity contribution is 5.21. The minimum absolute atomic E-state index is 0.0707. The van der Waals surface area contributed by atoms with Crippen LogP contribution >= 0.6 is 0 Å². The van der Waals surface area contributed by atoms with Crippen LogP contribution in [0, 0.1) is 0 Å². The summed E-state index contributed by atoms with van der Waals surface area (Å²) in [5.41, 5.74) is 0.993. The Labute approximate surface area is 92.4 Å². The fraction of sp³-hybridized carbons (Fsp3) is 0.615. The van der Waals surface area contributed by atoms with Crippen molar-refractivity contribution >= 4 is 0 Å². The highest BCUT2D eigenvalue weighted by Gasteiger charge is 2.23. The van der Waals surface area contributed by atoms with Crippen molar-refractivity contribution in [2.24, 2.45) is 0 Å². The van der Waals surface area contributed by atoms with Crippen molar-refractivity contribution in [1.82, 2.24) is 4.98 Å². The molecule has 0 aliphatic heterocycles. The predicted molar refractivity (Wildman–Crippen MR) is 62.8 cm³/mol. The van der Waals surface area contributed by atoms with Crippen LogP contribution < -0.4 is 0 Å². The molecule has 1 aromatic rings. The highest BCUT2D eigenvalue weighted by Crippen LogP contribution is 2.27. The van der Waals surface area contributed by atoms with Gasteiger partial charge in [-0.2, -0.15) is 0 Å². The SMILES string of the molecule is CCC(C)(C)c1cccc(C(C)(C)O)n1. The van der Waals surface area contributed by atoms with E-state index in [2.05, 4.69) is 25.8 Å². The zero-order chi connectivity index (χ0) is 11.7. The lowest BCUT2D eigenvalue weighted by Crippen LogP contribution is -2.22. The molecule has 0 aliphatic carbocycles. The zero-order valence-electron chi connectivity index (χ0n) is 10.3. The van der Waals surface area contributed by atoms with Crippen LogP contribution in [0.2, 0.25) is 0 Å². The number of hydrogen-bond acceptors (Lipinski definition) is 2. The first kappa shape index (κ1) is 12.2. The van der Waals surface area contributed by atoms with E-state index in [4.69, 9.17) is 0 Å². The van der Waals surface area contributed by atoms with Gasteiger partial charge in [-0.05, 0) is 32.4 Å². The fourth-order valence-corrected chi connectivity index (χ4v) is 1.33. The minimum Gasteiger partial charge on any atom is -0.384 e. The van der Waals surface area contributed by atoms with Gasteiger partial charge in [-0.15, -0.1) is 0 Å². The molecule has 1 rings (SSSR count). The van der Waals surface area contributed by atoms with E-state index in [1.807, 2.05) is 18.2 Å². The molecule has 0 aromatic carbocycles. The van der Waals surface area contributed by atoms with E-state index in [1.165, 1.54) is 0 Å². The molecule has 0 spiro atoms. The van der Waals surface area contributed by atoms with Crippen LogP contribution in [0.25, 0.3) is 0 Å². The van der Waals surface area contributed by atoms with Gasteiger partial charge in [-0.1, -0.05) is 26.8 Å². The van der Waals surface area contributed by atoms with Gasteiger partial charge in [0.2, 0.25) is 0 Å². The Kier molecular flexibility index (Phi) is 3.19. The predicted octanol–water partition coefficient (Wildman–Crippen LogP) is 3.00. The number of rotatable bonds is 3. The van der Waals surface area contributed by atoms with Crippen LogP contribution in [0.4, 0.5) is 0 Å². The average molecular weight is 207 g/mol. The molecule has 2 heteroatoms. The maximum atomic E-state index is 9.89. The number of aromatic nitrogens is 1. The maximum Gasteiger partial charge on any atom is 0.101 e. The topological polar surface area (TPSA) is 33.1 Å². The number of nitrogens with zero attached hydrogens (tertiary/aromatic N) is 1. The summed E-state index contributed by atoms with van der Waals surface area (Å²) in [6, 6.07) is 5.86. The Morgan fingerprint density at radius 2 is 1.67 bits per heavy atom. The third kappa shape index (κ3) is 2.78. The first-order valence-corrected chi connectivity index (χ1v) is 5.48. The molecule has 0 aliphatic rings. The van der Waals surface area contributed by atoms with Gasteiger partial charge in [0.15, 0.2) is 0 Å². The van der Waals surface area contributed by atoms with E-state index in [-0.39, 0.29) is 5.41 Å². The summed E-state index contributed by atoms with van der Waals surface area (Å²) in [5.74, 6) is 0. The van der Waals surface area contributed by atoms with E-state index in [0.717, 1.165) is 17.8 Å². The fourth-order valence-electron chi connectivity index (χ4n) is 1.33. The normalized spacial score (nSPS) is 12.9. The summed E-state index contributed by atoms with van der Waals surface area (Å²) >= 11 is 0. The molecule has 0 bridgehead atoms. The molecule has 1 aromatic heterocycles. The molecule has 0 radical (unpaired) electrons. The first-order valence-electron chi connectivity index (χ1n) is 5.48. The molecule has 0 saturated heterocycles. The highest BCUT2D eigenvalue weighted by atomic mass is 16.3.